The Morgan fingerprint density at radius 1 is 1.18 bits per heavy atom. The number of anilines is 1. The van der Waals surface area contributed by atoms with Gasteiger partial charge in [-0.15, -0.1) is 0 Å². The first-order valence-electron chi connectivity index (χ1n) is 11.5. The van der Waals surface area contributed by atoms with Crippen LogP contribution in [-0.4, -0.2) is 63.3 Å². The molecule has 2 aromatic carbocycles. The number of esters is 1. The fourth-order valence-corrected chi connectivity index (χ4v) is 5.20. The molecule has 0 saturated carbocycles. The summed E-state index contributed by atoms with van der Waals surface area (Å²) in [5.41, 5.74) is 1.97. The van der Waals surface area contributed by atoms with Gasteiger partial charge in [-0.05, 0) is 67.4 Å². The summed E-state index contributed by atoms with van der Waals surface area (Å²) in [6.07, 6.45) is 1.43. The largest absolute Gasteiger partial charge is 0.492 e. The van der Waals surface area contributed by atoms with Crippen molar-refractivity contribution < 1.29 is 23.8 Å². The lowest BCUT2D eigenvalue weighted by Gasteiger charge is -2.39. The summed E-state index contributed by atoms with van der Waals surface area (Å²) >= 11 is 0. The summed E-state index contributed by atoms with van der Waals surface area (Å²) in [4.78, 5) is 27.3. The van der Waals surface area contributed by atoms with Crippen LogP contribution in [0.15, 0.2) is 42.5 Å². The number of nitriles is 1. The van der Waals surface area contributed by atoms with E-state index < -0.39 is 10.8 Å². The molecule has 8 heteroatoms. The molecule has 1 N–H and O–H groups in total. The van der Waals surface area contributed by atoms with Crippen LogP contribution in [0.4, 0.5) is 5.69 Å². The topological polar surface area (TPSA) is 101 Å². The first-order chi connectivity index (χ1) is 16.5. The van der Waals surface area contributed by atoms with Crippen molar-refractivity contribution in [3.05, 3.63) is 59.2 Å². The van der Waals surface area contributed by atoms with E-state index in [2.05, 4.69) is 16.3 Å². The summed E-state index contributed by atoms with van der Waals surface area (Å²) in [5, 5.41) is 12.3. The highest BCUT2D eigenvalue weighted by Crippen LogP contribution is 2.45. The number of hydrogen-bond acceptors (Lipinski definition) is 7. The van der Waals surface area contributed by atoms with Crippen molar-refractivity contribution in [1.82, 2.24) is 4.90 Å². The van der Waals surface area contributed by atoms with Crippen molar-refractivity contribution in [3.8, 4) is 11.8 Å². The van der Waals surface area contributed by atoms with E-state index in [1.807, 2.05) is 36.4 Å². The molecule has 2 aromatic rings. The number of likely N-dealkylation sites (tertiary alicyclic amines) is 1. The van der Waals surface area contributed by atoms with Crippen LogP contribution >= 0.6 is 0 Å². The minimum Gasteiger partial charge on any atom is -0.492 e. The van der Waals surface area contributed by atoms with E-state index in [0.717, 1.165) is 42.2 Å². The zero-order valence-corrected chi connectivity index (χ0v) is 19.1. The number of nitrogens with zero attached hydrogens (tertiary/aromatic N) is 2. The van der Waals surface area contributed by atoms with Gasteiger partial charge in [-0.2, -0.15) is 5.26 Å². The zero-order valence-electron chi connectivity index (χ0n) is 19.1. The monoisotopic (exact) mass is 461 g/mol. The van der Waals surface area contributed by atoms with Crippen molar-refractivity contribution >= 4 is 17.6 Å². The molecule has 0 atom stereocenters. The molecule has 2 fully saturated rings. The van der Waals surface area contributed by atoms with E-state index in [1.54, 1.807) is 6.07 Å². The third kappa shape index (κ3) is 3.61. The van der Waals surface area contributed by atoms with Gasteiger partial charge in [0.1, 0.15) is 17.8 Å². The summed E-state index contributed by atoms with van der Waals surface area (Å²) in [7, 11) is 1.39. The van der Waals surface area contributed by atoms with Gasteiger partial charge in [0.2, 0.25) is 5.91 Å². The molecule has 1 amide bonds. The Bertz CT molecular complexity index is 1140. The van der Waals surface area contributed by atoms with Gasteiger partial charge >= 0.3 is 5.97 Å². The number of fused-ring (bicyclic) bond motifs is 2. The van der Waals surface area contributed by atoms with Crippen LogP contribution in [0.3, 0.4) is 0 Å². The fraction of sp³-hybridized carbons (Fsp3) is 0.423. The van der Waals surface area contributed by atoms with Crippen LogP contribution in [0.1, 0.15) is 29.5 Å². The molecule has 0 aromatic heterocycles. The van der Waals surface area contributed by atoms with Crippen molar-refractivity contribution in [3.63, 3.8) is 0 Å². The lowest BCUT2D eigenvalue weighted by Crippen LogP contribution is -2.53. The maximum atomic E-state index is 12.8. The first kappa shape index (κ1) is 22.4. The molecule has 5 rings (SSSR count). The lowest BCUT2D eigenvalue weighted by molar-refractivity contribution is -0.166. The third-order valence-electron chi connectivity index (χ3n) is 7.41. The smallest absolute Gasteiger partial charge is 0.321 e. The van der Waals surface area contributed by atoms with Crippen LogP contribution in [0.2, 0.25) is 0 Å². The number of benzene rings is 2. The number of carbonyl (C=O) groups is 2. The average molecular weight is 462 g/mol. The quantitative estimate of drug-likeness (QED) is 0.659. The Balaban J connectivity index is 1.15. The zero-order chi connectivity index (χ0) is 23.8. The number of piperidine rings is 1. The van der Waals surface area contributed by atoms with E-state index in [0.29, 0.717) is 38.2 Å². The molecular weight excluding hydrogens is 434 g/mol. The van der Waals surface area contributed by atoms with Crippen molar-refractivity contribution in [2.75, 3.05) is 51.9 Å². The van der Waals surface area contributed by atoms with Crippen LogP contribution in [-0.2, 0) is 29.9 Å². The van der Waals surface area contributed by atoms with Gasteiger partial charge in [-0.1, -0.05) is 12.1 Å². The van der Waals surface area contributed by atoms with E-state index in [9.17, 15) is 14.9 Å². The predicted octanol–water partition coefficient (Wildman–Crippen LogP) is 2.36. The second kappa shape index (κ2) is 8.75. The summed E-state index contributed by atoms with van der Waals surface area (Å²) in [5.74, 6) is 0.499. The van der Waals surface area contributed by atoms with Gasteiger partial charge in [0, 0.05) is 12.2 Å². The van der Waals surface area contributed by atoms with Crippen molar-refractivity contribution in [2.24, 2.45) is 0 Å². The summed E-state index contributed by atoms with van der Waals surface area (Å²) in [6.45, 7) is 3.51. The highest BCUT2D eigenvalue weighted by Gasteiger charge is 2.49. The molecule has 0 radical (unpaired) electrons. The molecule has 34 heavy (non-hydrogen) atoms. The second-order valence-electron chi connectivity index (χ2n) is 9.19. The van der Waals surface area contributed by atoms with E-state index in [1.165, 1.54) is 7.11 Å². The predicted molar refractivity (Wildman–Crippen MR) is 124 cm³/mol. The van der Waals surface area contributed by atoms with E-state index >= 15 is 0 Å². The fourth-order valence-electron chi connectivity index (χ4n) is 5.20. The number of nitrogens with one attached hydrogen (secondary N) is 1. The van der Waals surface area contributed by atoms with Gasteiger partial charge in [-0.3, -0.25) is 14.5 Å². The standard InChI is InChI=1S/C26H27N3O5/c1-32-24(31)26(16-33-17-26)19-3-5-20(6-4-19)34-13-12-29-10-8-25(9-11-29)21-14-18(15-27)2-7-22(21)28-23(25)30/h2-7,14H,8-13,16-17H2,1H3,(H,28,30). The Labute approximate surface area is 198 Å². The maximum absolute atomic E-state index is 12.8. The average Bonchev–Trinajstić information content (AvgIpc) is 3.10. The van der Waals surface area contributed by atoms with Gasteiger partial charge in [0.25, 0.3) is 0 Å². The SMILES string of the molecule is COC(=O)C1(c2ccc(OCCN3CCC4(CC3)C(=O)Nc3ccc(C#N)cc34)cc2)COC1. The van der Waals surface area contributed by atoms with Gasteiger partial charge < -0.3 is 19.5 Å². The summed E-state index contributed by atoms with van der Waals surface area (Å²) in [6, 6.07) is 15.1. The number of amides is 1. The minimum atomic E-state index is -0.712. The number of carbonyl (C=O) groups excluding carboxylic acids is 2. The molecule has 0 aliphatic carbocycles. The first-order valence-corrected chi connectivity index (χ1v) is 11.5. The van der Waals surface area contributed by atoms with Crippen molar-refractivity contribution in [1.29, 1.82) is 5.26 Å². The number of methoxy groups -OCH3 is 1. The molecule has 2 saturated heterocycles. The molecule has 0 bridgehead atoms. The van der Waals surface area contributed by atoms with E-state index in [-0.39, 0.29) is 11.9 Å². The van der Waals surface area contributed by atoms with Gasteiger partial charge in [-0.25, -0.2) is 0 Å². The highest BCUT2D eigenvalue weighted by molar-refractivity contribution is 6.06. The third-order valence-corrected chi connectivity index (χ3v) is 7.41. The molecule has 1 spiro atoms. The van der Waals surface area contributed by atoms with E-state index in [4.69, 9.17) is 14.2 Å². The molecule has 0 unspecified atom stereocenters. The van der Waals surface area contributed by atoms with Crippen molar-refractivity contribution in [2.45, 2.75) is 23.7 Å². The van der Waals surface area contributed by atoms with Crippen LogP contribution in [0.5, 0.6) is 5.75 Å². The highest BCUT2D eigenvalue weighted by atomic mass is 16.5. The molecule has 3 aliphatic heterocycles. The normalized spacial score (nSPS) is 20.1. The Kier molecular flexibility index (Phi) is 5.76. The number of ether oxygens (including phenoxy) is 3. The van der Waals surface area contributed by atoms with Crippen LogP contribution in [0.25, 0.3) is 0 Å². The Morgan fingerprint density at radius 3 is 2.53 bits per heavy atom. The number of rotatable bonds is 6. The molecule has 3 aliphatic rings. The second-order valence-corrected chi connectivity index (χ2v) is 9.19. The number of hydrogen-bond donors (Lipinski definition) is 1. The Morgan fingerprint density at radius 2 is 1.91 bits per heavy atom. The Hall–Kier alpha value is -3.41. The lowest BCUT2D eigenvalue weighted by atomic mass is 9.73. The molecule has 176 valence electrons. The minimum absolute atomic E-state index is 0.0372. The van der Waals surface area contributed by atoms with Gasteiger partial charge in [0.05, 0.1) is 37.4 Å². The van der Waals surface area contributed by atoms with Gasteiger partial charge in [0.15, 0.2) is 0 Å². The molecule has 8 nitrogen and oxygen atoms in total. The van der Waals surface area contributed by atoms with Crippen LogP contribution in [0, 0.1) is 11.3 Å². The maximum Gasteiger partial charge on any atom is 0.321 e. The van der Waals surface area contributed by atoms with Crippen LogP contribution < -0.4 is 10.1 Å². The molecular formula is C26H27N3O5. The summed E-state index contributed by atoms with van der Waals surface area (Å²) < 4.78 is 16.2. The molecule has 3 heterocycles.